The maximum absolute atomic E-state index is 12.7. The molecule has 6 nitrogen and oxygen atoms in total. The predicted molar refractivity (Wildman–Crippen MR) is 116 cm³/mol. The lowest BCUT2D eigenvalue weighted by Gasteiger charge is -2.21. The van der Waals surface area contributed by atoms with Crippen LogP contribution >= 0.6 is 24.0 Å². The van der Waals surface area contributed by atoms with Gasteiger partial charge in [0.05, 0.1) is 18.3 Å². The summed E-state index contributed by atoms with van der Waals surface area (Å²) >= 11 is 0. The Bertz CT molecular complexity index is 824. The first-order valence-corrected chi connectivity index (χ1v) is 9.11. The smallest absolute Gasteiger partial charge is 0.416 e. The van der Waals surface area contributed by atoms with Crippen molar-refractivity contribution in [2.24, 2.45) is 12.0 Å². The van der Waals surface area contributed by atoms with Gasteiger partial charge in [-0.25, -0.2) is 0 Å². The van der Waals surface area contributed by atoms with Crippen LogP contribution in [0.3, 0.4) is 0 Å². The van der Waals surface area contributed by atoms with Crippen LogP contribution in [0.15, 0.2) is 41.7 Å². The molecule has 1 atom stereocenters. The first-order chi connectivity index (χ1) is 13.4. The Morgan fingerprint density at radius 1 is 1.38 bits per heavy atom. The highest BCUT2D eigenvalue weighted by Crippen LogP contribution is 2.31. The summed E-state index contributed by atoms with van der Waals surface area (Å²) in [5, 5.41) is 7.44. The molecule has 1 aromatic heterocycles. The summed E-state index contributed by atoms with van der Waals surface area (Å²) in [5.74, 6) is 1.37. The van der Waals surface area contributed by atoms with Crippen molar-refractivity contribution in [2.45, 2.75) is 18.5 Å². The van der Waals surface area contributed by atoms with Crippen LogP contribution in [0.5, 0.6) is 5.75 Å². The van der Waals surface area contributed by atoms with E-state index in [1.807, 2.05) is 19.4 Å². The van der Waals surface area contributed by atoms with Crippen LogP contribution in [0.25, 0.3) is 0 Å². The quantitative estimate of drug-likeness (QED) is 0.282. The van der Waals surface area contributed by atoms with Crippen LogP contribution in [0.2, 0.25) is 0 Å². The summed E-state index contributed by atoms with van der Waals surface area (Å²) in [4.78, 5) is 6.47. The summed E-state index contributed by atoms with van der Waals surface area (Å²) in [7, 11) is 3.62. The number of guanidine groups is 1. The van der Waals surface area contributed by atoms with Crippen molar-refractivity contribution in [2.75, 3.05) is 33.3 Å². The third-order valence-corrected chi connectivity index (χ3v) is 4.71. The second kappa shape index (κ2) is 10.2. The second-order valence-electron chi connectivity index (χ2n) is 6.73. The van der Waals surface area contributed by atoms with Crippen molar-refractivity contribution in [1.82, 2.24) is 20.0 Å². The highest BCUT2D eigenvalue weighted by molar-refractivity contribution is 14.0. The van der Waals surface area contributed by atoms with E-state index in [0.717, 1.165) is 37.6 Å². The third kappa shape index (κ3) is 6.25. The van der Waals surface area contributed by atoms with Crippen LogP contribution in [-0.2, 0) is 13.2 Å². The standard InChI is InChI=1S/C19H24F3N5O.HI/c1-23-18(27-8-6-14(13-27)15-11-25-26(2)12-15)24-7-9-28-17-5-3-4-16(10-17)19(20,21)22;/h3-5,10-12,14H,6-9,13H2,1-2H3,(H,23,24);1H. The summed E-state index contributed by atoms with van der Waals surface area (Å²) in [6.45, 7) is 2.41. The number of hydrogen-bond donors (Lipinski definition) is 1. The summed E-state index contributed by atoms with van der Waals surface area (Å²) in [6.07, 6.45) is 0.577. The molecular formula is C19H25F3IN5O. The molecule has 0 bridgehead atoms. The van der Waals surface area contributed by atoms with E-state index in [-0.39, 0.29) is 36.3 Å². The zero-order valence-electron chi connectivity index (χ0n) is 16.3. The maximum atomic E-state index is 12.7. The minimum atomic E-state index is -4.37. The van der Waals surface area contributed by atoms with Crippen molar-refractivity contribution in [3.63, 3.8) is 0 Å². The van der Waals surface area contributed by atoms with Gasteiger partial charge in [-0.15, -0.1) is 24.0 Å². The number of nitrogens with one attached hydrogen (secondary N) is 1. The molecule has 0 radical (unpaired) electrons. The van der Waals surface area contributed by atoms with Gasteiger partial charge in [0, 0.05) is 39.3 Å². The number of aromatic nitrogens is 2. The summed E-state index contributed by atoms with van der Waals surface area (Å²) in [6, 6.07) is 4.89. The van der Waals surface area contributed by atoms with E-state index >= 15 is 0 Å². The zero-order valence-corrected chi connectivity index (χ0v) is 18.6. The third-order valence-electron chi connectivity index (χ3n) is 4.71. The molecule has 0 spiro atoms. The lowest BCUT2D eigenvalue weighted by Crippen LogP contribution is -2.41. The molecule has 2 aromatic rings. The first-order valence-electron chi connectivity index (χ1n) is 9.11. The number of likely N-dealkylation sites (tertiary alicyclic amines) is 1. The van der Waals surface area contributed by atoms with Gasteiger partial charge in [0.25, 0.3) is 0 Å². The normalized spacial score (nSPS) is 17.2. The minimum Gasteiger partial charge on any atom is -0.492 e. The molecule has 160 valence electrons. The Kier molecular flexibility index (Phi) is 8.17. The molecule has 0 saturated carbocycles. The molecule has 29 heavy (non-hydrogen) atoms. The molecule has 10 heteroatoms. The molecule has 1 aliphatic heterocycles. The van der Waals surface area contributed by atoms with E-state index in [2.05, 4.69) is 20.3 Å². The van der Waals surface area contributed by atoms with Gasteiger partial charge >= 0.3 is 6.18 Å². The number of benzene rings is 1. The van der Waals surface area contributed by atoms with Crippen LogP contribution in [0.1, 0.15) is 23.5 Å². The van der Waals surface area contributed by atoms with Crippen LogP contribution in [0.4, 0.5) is 13.2 Å². The van der Waals surface area contributed by atoms with E-state index < -0.39 is 11.7 Å². The van der Waals surface area contributed by atoms with Crippen LogP contribution < -0.4 is 10.1 Å². The lowest BCUT2D eigenvalue weighted by molar-refractivity contribution is -0.137. The highest BCUT2D eigenvalue weighted by Gasteiger charge is 2.30. The number of aryl methyl sites for hydroxylation is 1. The van der Waals surface area contributed by atoms with Gasteiger partial charge in [0.1, 0.15) is 12.4 Å². The number of aliphatic imine (C=N–C) groups is 1. The molecule has 3 rings (SSSR count). The summed E-state index contributed by atoms with van der Waals surface area (Å²) in [5.41, 5.74) is 0.501. The number of alkyl halides is 3. The molecule has 1 saturated heterocycles. The van der Waals surface area contributed by atoms with Gasteiger partial charge in [-0.05, 0) is 30.2 Å². The average Bonchev–Trinajstić information content (AvgIpc) is 3.30. The molecule has 0 amide bonds. The molecule has 1 N–H and O–H groups in total. The Balaban J connectivity index is 0.00000300. The monoisotopic (exact) mass is 523 g/mol. The zero-order chi connectivity index (χ0) is 20.1. The fourth-order valence-corrected chi connectivity index (χ4v) is 3.30. The first kappa shape index (κ1) is 23.3. The molecular weight excluding hydrogens is 498 g/mol. The van der Waals surface area contributed by atoms with E-state index in [4.69, 9.17) is 4.74 Å². The average molecular weight is 523 g/mol. The molecule has 2 heterocycles. The number of hydrogen-bond acceptors (Lipinski definition) is 3. The fraction of sp³-hybridized carbons (Fsp3) is 0.474. The Morgan fingerprint density at radius 3 is 2.83 bits per heavy atom. The van der Waals surface area contributed by atoms with Gasteiger partial charge in [0.2, 0.25) is 0 Å². The van der Waals surface area contributed by atoms with Gasteiger partial charge in [-0.1, -0.05) is 6.07 Å². The molecule has 1 aromatic carbocycles. The molecule has 1 aliphatic rings. The molecule has 1 unspecified atom stereocenters. The number of ether oxygens (including phenoxy) is 1. The van der Waals surface area contributed by atoms with Crippen molar-refractivity contribution >= 4 is 29.9 Å². The van der Waals surface area contributed by atoms with Gasteiger partial charge in [-0.2, -0.15) is 18.3 Å². The van der Waals surface area contributed by atoms with E-state index in [1.165, 1.54) is 17.7 Å². The SMILES string of the molecule is CN=C(NCCOc1cccc(C(F)(F)F)c1)N1CCC(c2cnn(C)c2)C1.I. The Morgan fingerprint density at radius 2 is 2.17 bits per heavy atom. The fourth-order valence-electron chi connectivity index (χ4n) is 3.30. The van der Waals surface area contributed by atoms with Crippen LogP contribution in [-0.4, -0.2) is 53.9 Å². The largest absolute Gasteiger partial charge is 0.492 e. The predicted octanol–water partition coefficient (Wildman–Crippen LogP) is 3.50. The van der Waals surface area contributed by atoms with E-state index in [1.54, 1.807) is 11.7 Å². The van der Waals surface area contributed by atoms with Crippen molar-refractivity contribution in [1.29, 1.82) is 0 Å². The minimum absolute atomic E-state index is 0. The highest BCUT2D eigenvalue weighted by atomic mass is 127. The molecule has 1 fully saturated rings. The Hall–Kier alpha value is -1.98. The summed E-state index contributed by atoms with van der Waals surface area (Å²) < 4.78 is 45.5. The molecule has 0 aliphatic carbocycles. The maximum Gasteiger partial charge on any atom is 0.416 e. The lowest BCUT2D eigenvalue weighted by atomic mass is 10.0. The Labute approximate surface area is 185 Å². The van der Waals surface area contributed by atoms with Crippen molar-refractivity contribution < 1.29 is 17.9 Å². The van der Waals surface area contributed by atoms with E-state index in [0.29, 0.717) is 12.5 Å². The number of rotatable bonds is 5. The second-order valence-corrected chi connectivity index (χ2v) is 6.73. The van der Waals surface area contributed by atoms with Gasteiger partial charge < -0.3 is 15.0 Å². The van der Waals surface area contributed by atoms with Gasteiger partial charge in [0.15, 0.2) is 5.96 Å². The van der Waals surface area contributed by atoms with Gasteiger partial charge in [-0.3, -0.25) is 9.67 Å². The number of halogens is 4. The van der Waals surface area contributed by atoms with Crippen LogP contribution in [0, 0.1) is 0 Å². The van der Waals surface area contributed by atoms with Crippen molar-refractivity contribution in [3.8, 4) is 5.75 Å². The number of nitrogens with zero attached hydrogens (tertiary/aromatic N) is 4. The topological polar surface area (TPSA) is 54.7 Å². The van der Waals surface area contributed by atoms with Crippen molar-refractivity contribution in [3.05, 3.63) is 47.8 Å². The van der Waals surface area contributed by atoms with E-state index in [9.17, 15) is 13.2 Å².